The summed E-state index contributed by atoms with van der Waals surface area (Å²) in [6.45, 7) is 4.02. The summed E-state index contributed by atoms with van der Waals surface area (Å²) in [7, 11) is 0. The molecule has 7 nitrogen and oxygen atoms in total. The minimum atomic E-state index is -0.454. The van der Waals surface area contributed by atoms with E-state index in [-0.39, 0.29) is 18.1 Å². The van der Waals surface area contributed by atoms with E-state index in [1.54, 1.807) is 17.1 Å². The molecular formula is C17H19N5O2. The van der Waals surface area contributed by atoms with Crippen LogP contribution in [-0.4, -0.2) is 24.5 Å². The van der Waals surface area contributed by atoms with Crippen LogP contribution in [0.5, 0.6) is 0 Å². The number of aromatic amines is 1. The summed E-state index contributed by atoms with van der Waals surface area (Å²) in [5.41, 5.74) is 1.74. The summed E-state index contributed by atoms with van der Waals surface area (Å²) < 4.78 is 3.01. The molecule has 2 heterocycles. The molecule has 0 radical (unpaired) electrons. The van der Waals surface area contributed by atoms with Crippen LogP contribution in [0.2, 0.25) is 0 Å². The lowest BCUT2D eigenvalue weighted by molar-refractivity contribution is 0.504. The molecule has 1 aromatic carbocycles. The highest BCUT2D eigenvalue weighted by Gasteiger charge is 2.09. The molecule has 0 amide bonds. The van der Waals surface area contributed by atoms with E-state index >= 15 is 0 Å². The van der Waals surface area contributed by atoms with Crippen molar-refractivity contribution in [2.75, 3.05) is 0 Å². The number of nitrogens with one attached hydrogen (secondary N) is 1. The number of hydrogen-bond acceptors (Lipinski definition) is 4. The Morgan fingerprint density at radius 3 is 2.58 bits per heavy atom. The van der Waals surface area contributed by atoms with Crippen LogP contribution in [0, 0.1) is 0 Å². The highest BCUT2D eigenvalue weighted by molar-refractivity contribution is 5.19. The monoisotopic (exact) mass is 325 g/mol. The molecule has 0 bridgehead atoms. The van der Waals surface area contributed by atoms with Crippen molar-refractivity contribution >= 4 is 0 Å². The van der Waals surface area contributed by atoms with Crippen LogP contribution in [0.25, 0.3) is 0 Å². The highest BCUT2D eigenvalue weighted by Crippen LogP contribution is 2.08. The van der Waals surface area contributed by atoms with E-state index in [4.69, 9.17) is 0 Å². The Balaban J connectivity index is 1.81. The number of nitrogens with zero attached hydrogens (tertiary/aromatic N) is 4. The molecule has 0 saturated heterocycles. The van der Waals surface area contributed by atoms with Gasteiger partial charge in [0.2, 0.25) is 0 Å². The van der Waals surface area contributed by atoms with E-state index in [9.17, 15) is 9.59 Å². The summed E-state index contributed by atoms with van der Waals surface area (Å²) in [6.07, 6.45) is 4.07. The zero-order valence-corrected chi connectivity index (χ0v) is 13.6. The number of rotatable bonds is 5. The van der Waals surface area contributed by atoms with Crippen molar-refractivity contribution in [2.24, 2.45) is 0 Å². The average molecular weight is 325 g/mol. The molecule has 24 heavy (non-hydrogen) atoms. The topological polar surface area (TPSA) is 85.6 Å². The zero-order valence-electron chi connectivity index (χ0n) is 13.6. The molecule has 124 valence electrons. The number of benzene rings is 1. The third-order valence-corrected chi connectivity index (χ3v) is 3.77. The summed E-state index contributed by atoms with van der Waals surface area (Å²) in [6, 6.07) is 9.98. The molecule has 0 saturated carbocycles. The second-order valence-corrected chi connectivity index (χ2v) is 6.02. The summed E-state index contributed by atoms with van der Waals surface area (Å²) in [5, 5.41) is 8.20. The van der Waals surface area contributed by atoms with E-state index in [2.05, 4.69) is 15.3 Å². The number of aromatic nitrogens is 5. The Labute approximate surface area is 138 Å². The second-order valence-electron chi connectivity index (χ2n) is 6.02. The fraction of sp³-hybridized carbons (Fsp3) is 0.294. The summed E-state index contributed by atoms with van der Waals surface area (Å²) in [4.78, 5) is 26.1. The molecule has 2 aromatic heterocycles. The van der Waals surface area contributed by atoms with Crippen molar-refractivity contribution in [1.29, 1.82) is 0 Å². The largest absolute Gasteiger partial charge is 0.329 e. The van der Waals surface area contributed by atoms with Crippen molar-refractivity contribution < 1.29 is 0 Å². The van der Waals surface area contributed by atoms with Crippen molar-refractivity contribution in [3.8, 4) is 0 Å². The number of H-pyrrole nitrogens is 1. The SMILES string of the molecule is CC(C)c1cn(Cn2cc(Cc3ccccc3)nn2)c(=O)[nH]c1=O. The lowest BCUT2D eigenvalue weighted by Crippen LogP contribution is -2.33. The Hall–Kier alpha value is -2.96. The maximum Gasteiger partial charge on any atom is 0.329 e. The highest BCUT2D eigenvalue weighted by atomic mass is 16.2. The predicted octanol–water partition coefficient (Wildman–Crippen LogP) is 1.35. The molecule has 7 heteroatoms. The van der Waals surface area contributed by atoms with Gasteiger partial charge in [0, 0.05) is 18.2 Å². The van der Waals surface area contributed by atoms with Gasteiger partial charge in [-0.2, -0.15) is 0 Å². The first-order valence-corrected chi connectivity index (χ1v) is 7.79. The Morgan fingerprint density at radius 2 is 1.88 bits per heavy atom. The van der Waals surface area contributed by atoms with Crippen LogP contribution in [0.4, 0.5) is 0 Å². The molecule has 0 aliphatic rings. The molecular weight excluding hydrogens is 306 g/mol. The van der Waals surface area contributed by atoms with Crippen molar-refractivity contribution in [2.45, 2.75) is 32.9 Å². The van der Waals surface area contributed by atoms with Crippen LogP contribution in [0.15, 0.2) is 52.3 Å². The van der Waals surface area contributed by atoms with Crippen LogP contribution in [0.1, 0.15) is 36.6 Å². The smallest absolute Gasteiger partial charge is 0.280 e. The van der Waals surface area contributed by atoms with E-state index in [1.165, 1.54) is 4.57 Å². The summed E-state index contributed by atoms with van der Waals surface area (Å²) in [5.74, 6) is 0.0324. The molecule has 0 aliphatic heterocycles. The Kier molecular flexibility index (Phi) is 4.41. The van der Waals surface area contributed by atoms with Crippen LogP contribution in [0.3, 0.4) is 0 Å². The average Bonchev–Trinajstić information content (AvgIpc) is 2.97. The van der Waals surface area contributed by atoms with Crippen LogP contribution in [-0.2, 0) is 13.1 Å². The first-order valence-electron chi connectivity index (χ1n) is 7.79. The second kappa shape index (κ2) is 6.66. The predicted molar refractivity (Wildman–Crippen MR) is 90.1 cm³/mol. The minimum Gasteiger partial charge on any atom is -0.280 e. The van der Waals surface area contributed by atoms with Gasteiger partial charge >= 0.3 is 5.69 Å². The molecule has 0 spiro atoms. The van der Waals surface area contributed by atoms with E-state index in [0.717, 1.165) is 11.3 Å². The van der Waals surface area contributed by atoms with Gasteiger partial charge < -0.3 is 0 Å². The van der Waals surface area contributed by atoms with Gasteiger partial charge in [-0.25, -0.2) is 9.48 Å². The zero-order chi connectivity index (χ0) is 17.1. The lowest BCUT2D eigenvalue weighted by atomic mass is 10.1. The standard InChI is InChI=1S/C17H19N5O2/c1-12(2)15-10-21(17(24)18-16(15)23)11-22-9-14(19-20-22)8-13-6-4-3-5-7-13/h3-7,9-10,12H,8,11H2,1-2H3,(H,18,23,24). The molecule has 3 rings (SSSR count). The van der Waals surface area contributed by atoms with E-state index < -0.39 is 5.69 Å². The van der Waals surface area contributed by atoms with Crippen molar-refractivity contribution in [3.05, 3.63) is 80.4 Å². The minimum absolute atomic E-state index is 0.0324. The van der Waals surface area contributed by atoms with Gasteiger partial charge in [-0.05, 0) is 11.5 Å². The normalized spacial score (nSPS) is 11.1. The first kappa shape index (κ1) is 15.9. The molecule has 1 N–H and O–H groups in total. The third-order valence-electron chi connectivity index (χ3n) is 3.77. The van der Waals surface area contributed by atoms with Gasteiger partial charge in [-0.1, -0.05) is 49.4 Å². The molecule has 0 fully saturated rings. The van der Waals surface area contributed by atoms with Gasteiger partial charge in [0.15, 0.2) is 0 Å². The van der Waals surface area contributed by atoms with Gasteiger partial charge in [-0.15, -0.1) is 5.10 Å². The van der Waals surface area contributed by atoms with Gasteiger partial charge in [0.05, 0.1) is 11.9 Å². The van der Waals surface area contributed by atoms with Crippen LogP contribution < -0.4 is 11.2 Å². The summed E-state index contributed by atoms with van der Waals surface area (Å²) >= 11 is 0. The van der Waals surface area contributed by atoms with Gasteiger partial charge in [-0.3, -0.25) is 14.3 Å². The fourth-order valence-electron chi connectivity index (χ4n) is 2.49. The first-order chi connectivity index (χ1) is 11.5. The van der Waals surface area contributed by atoms with E-state index in [1.807, 2.05) is 44.2 Å². The molecule has 0 unspecified atom stereocenters. The Morgan fingerprint density at radius 1 is 1.12 bits per heavy atom. The maximum absolute atomic E-state index is 12.0. The lowest BCUT2D eigenvalue weighted by Gasteiger charge is -2.09. The molecule has 0 aliphatic carbocycles. The number of hydrogen-bond donors (Lipinski definition) is 1. The fourth-order valence-corrected chi connectivity index (χ4v) is 2.49. The van der Waals surface area contributed by atoms with Crippen LogP contribution >= 0.6 is 0 Å². The van der Waals surface area contributed by atoms with Crippen molar-refractivity contribution in [1.82, 2.24) is 24.5 Å². The van der Waals surface area contributed by atoms with Crippen molar-refractivity contribution in [3.63, 3.8) is 0 Å². The molecule has 3 aromatic rings. The Bertz CT molecular complexity index is 937. The van der Waals surface area contributed by atoms with Gasteiger partial charge in [0.25, 0.3) is 5.56 Å². The van der Waals surface area contributed by atoms with E-state index in [0.29, 0.717) is 12.0 Å². The quantitative estimate of drug-likeness (QED) is 0.767. The third kappa shape index (κ3) is 3.51. The maximum atomic E-state index is 12.0. The molecule has 0 atom stereocenters. The van der Waals surface area contributed by atoms with Gasteiger partial charge in [0.1, 0.15) is 6.67 Å².